The summed E-state index contributed by atoms with van der Waals surface area (Å²) in [6, 6.07) is 1.83. The molecule has 0 amide bonds. The summed E-state index contributed by atoms with van der Waals surface area (Å²) in [5.74, 6) is 0.969. The fourth-order valence-electron chi connectivity index (χ4n) is 1.27. The molecule has 2 aromatic rings. The standard InChI is InChI=1S/C9H10N4S/c1-6-10-4-8(13(6)2)7-3-9(14)12-5-11-7/h3-5H,1-2H3,(H,11,12,14). The topological polar surface area (TPSA) is 46.5 Å². The molecule has 0 bridgehead atoms. The molecule has 0 aliphatic carbocycles. The normalized spacial score (nSPS) is 10.4. The molecule has 0 spiro atoms. The van der Waals surface area contributed by atoms with E-state index in [0.29, 0.717) is 4.64 Å². The SMILES string of the molecule is Cc1ncc(-c2cc(=S)nc[nH]2)n1C. The van der Waals surface area contributed by atoms with Gasteiger partial charge in [-0.15, -0.1) is 0 Å². The quantitative estimate of drug-likeness (QED) is 0.724. The van der Waals surface area contributed by atoms with E-state index in [1.807, 2.05) is 30.8 Å². The molecule has 4 nitrogen and oxygen atoms in total. The predicted molar refractivity (Wildman–Crippen MR) is 56.4 cm³/mol. The number of H-pyrrole nitrogens is 1. The molecule has 0 radical (unpaired) electrons. The second-order valence-corrected chi connectivity index (χ2v) is 3.47. The van der Waals surface area contributed by atoms with Gasteiger partial charge in [-0.1, -0.05) is 12.2 Å². The van der Waals surface area contributed by atoms with Gasteiger partial charge in [0.15, 0.2) is 0 Å². The van der Waals surface area contributed by atoms with Gasteiger partial charge in [-0.05, 0) is 6.92 Å². The number of hydrogen-bond acceptors (Lipinski definition) is 3. The summed E-state index contributed by atoms with van der Waals surface area (Å²) >= 11 is 4.99. The van der Waals surface area contributed by atoms with Crippen LogP contribution in [0.1, 0.15) is 5.82 Å². The Balaban J connectivity index is 2.60. The summed E-state index contributed by atoms with van der Waals surface area (Å²) in [5, 5.41) is 0. The Kier molecular flexibility index (Phi) is 2.17. The van der Waals surface area contributed by atoms with E-state index < -0.39 is 0 Å². The van der Waals surface area contributed by atoms with Gasteiger partial charge in [0.05, 0.1) is 23.9 Å². The van der Waals surface area contributed by atoms with Crippen molar-refractivity contribution in [2.75, 3.05) is 0 Å². The Morgan fingerprint density at radius 3 is 2.79 bits per heavy atom. The molecule has 14 heavy (non-hydrogen) atoms. The first-order valence-corrected chi connectivity index (χ1v) is 4.63. The van der Waals surface area contributed by atoms with Crippen LogP contribution in [0.4, 0.5) is 0 Å². The van der Waals surface area contributed by atoms with E-state index in [1.165, 1.54) is 0 Å². The second kappa shape index (κ2) is 3.34. The third-order valence-electron chi connectivity index (χ3n) is 2.18. The summed E-state index contributed by atoms with van der Waals surface area (Å²) < 4.78 is 2.58. The van der Waals surface area contributed by atoms with Crippen molar-refractivity contribution in [3.8, 4) is 11.4 Å². The lowest BCUT2D eigenvalue weighted by Gasteiger charge is -2.02. The van der Waals surface area contributed by atoms with Crippen LogP contribution in [0.5, 0.6) is 0 Å². The van der Waals surface area contributed by atoms with Crippen molar-refractivity contribution in [3.05, 3.63) is 29.1 Å². The van der Waals surface area contributed by atoms with Crippen LogP contribution in [-0.4, -0.2) is 19.5 Å². The summed E-state index contributed by atoms with van der Waals surface area (Å²) in [4.78, 5) is 11.2. The molecule has 0 fully saturated rings. The van der Waals surface area contributed by atoms with Crippen LogP contribution in [0.25, 0.3) is 11.4 Å². The van der Waals surface area contributed by atoms with Gasteiger partial charge < -0.3 is 9.55 Å². The molecule has 0 aliphatic heterocycles. The van der Waals surface area contributed by atoms with Crippen molar-refractivity contribution in [3.63, 3.8) is 0 Å². The highest BCUT2D eigenvalue weighted by Crippen LogP contribution is 2.15. The molecule has 5 heteroatoms. The molecule has 2 rings (SSSR count). The van der Waals surface area contributed by atoms with Gasteiger partial charge in [-0.25, -0.2) is 9.97 Å². The molecular formula is C9H10N4S. The van der Waals surface area contributed by atoms with Gasteiger partial charge in [-0.3, -0.25) is 0 Å². The molecule has 2 heterocycles. The summed E-state index contributed by atoms with van der Waals surface area (Å²) in [7, 11) is 1.97. The number of nitrogens with one attached hydrogen (secondary N) is 1. The lowest BCUT2D eigenvalue weighted by atomic mass is 10.3. The lowest BCUT2D eigenvalue weighted by molar-refractivity contribution is 0.860. The Hall–Kier alpha value is -1.49. The molecule has 0 aliphatic rings. The number of imidazole rings is 1. The first-order valence-electron chi connectivity index (χ1n) is 4.22. The van der Waals surface area contributed by atoms with Crippen LogP contribution in [0.3, 0.4) is 0 Å². The van der Waals surface area contributed by atoms with Crippen molar-refractivity contribution < 1.29 is 0 Å². The van der Waals surface area contributed by atoms with Crippen LogP contribution in [0, 0.1) is 11.6 Å². The smallest absolute Gasteiger partial charge is 0.130 e. The van der Waals surface area contributed by atoms with Crippen LogP contribution in [0.15, 0.2) is 18.6 Å². The molecule has 72 valence electrons. The maximum atomic E-state index is 4.99. The lowest BCUT2D eigenvalue weighted by Crippen LogP contribution is -1.96. The monoisotopic (exact) mass is 206 g/mol. The molecule has 2 aromatic heterocycles. The number of aromatic amines is 1. The van der Waals surface area contributed by atoms with Gasteiger partial charge in [0.1, 0.15) is 10.5 Å². The highest BCUT2D eigenvalue weighted by atomic mass is 32.1. The van der Waals surface area contributed by atoms with Gasteiger partial charge in [0, 0.05) is 13.1 Å². The van der Waals surface area contributed by atoms with Crippen molar-refractivity contribution in [2.45, 2.75) is 6.92 Å². The zero-order chi connectivity index (χ0) is 10.1. The highest BCUT2D eigenvalue weighted by Gasteiger charge is 2.04. The molecular weight excluding hydrogens is 196 g/mol. The fraction of sp³-hybridized carbons (Fsp3) is 0.222. The maximum absolute atomic E-state index is 4.99. The minimum atomic E-state index is 0.581. The molecule has 1 N–H and O–H groups in total. The molecule has 0 saturated heterocycles. The van der Waals surface area contributed by atoms with E-state index in [0.717, 1.165) is 17.2 Å². The van der Waals surface area contributed by atoms with Gasteiger partial charge in [0.25, 0.3) is 0 Å². The number of aryl methyl sites for hydroxylation is 1. The average molecular weight is 206 g/mol. The van der Waals surface area contributed by atoms with E-state index in [1.54, 1.807) is 6.33 Å². The number of hydrogen-bond donors (Lipinski definition) is 1. The number of aromatic nitrogens is 4. The third-order valence-corrected chi connectivity index (χ3v) is 2.40. The maximum Gasteiger partial charge on any atom is 0.130 e. The van der Waals surface area contributed by atoms with Crippen LogP contribution < -0.4 is 0 Å². The minimum absolute atomic E-state index is 0.581. The summed E-state index contributed by atoms with van der Waals surface area (Å²) in [6.07, 6.45) is 3.41. The average Bonchev–Trinajstić information content (AvgIpc) is 2.48. The van der Waals surface area contributed by atoms with Gasteiger partial charge >= 0.3 is 0 Å². The molecule has 0 unspecified atom stereocenters. The first-order chi connectivity index (χ1) is 6.68. The van der Waals surface area contributed by atoms with E-state index in [2.05, 4.69) is 15.0 Å². The highest BCUT2D eigenvalue weighted by molar-refractivity contribution is 7.71. The molecule has 0 aromatic carbocycles. The number of nitrogens with zero attached hydrogens (tertiary/aromatic N) is 3. The van der Waals surface area contributed by atoms with Gasteiger partial charge in [-0.2, -0.15) is 0 Å². The summed E-state index contributed by atoms with van der Waals surface area (Å²) in [6.45, 7) is 1.96. The first kappa shape index (κ1) is 9.08. The van der Waals surface area contributed by atoms with E-state index in [4.69, 9.17) is 12.2 Å². The van der Waals surface area contributed by atoms with Crippen molar-refractivity contribution in [1.82, 2.24) is 19.5 Å². The summed E-state index contributed by atoms with van der Waals surface area (Å²) in [5.41, 5.74) is 1.95. The molecule has 0 saturated carbocycles. The minimum Gasteiger partial charge on any atom is -0.344 e. The Bertz CT molecular complexity index is 512. The zero-order valence-electron chi connectivity index (χ0n) is 7.98. The van der Waals surface area contributed by atoms with E-state index >= 15 is 0 Å². The zero-order valence-corrected chi connectivity index (χ0v) is 8.80. The van der Waals surface area contributed by atoms with Crippen molar-refractivity contribution in [2.24, 2.45) is 7.05 Å². The third kappa shape index (κ3) is 1.46. The van der Waals surface area contributed by atoms with Crippen LogP contribution >= 0.6 is 12.2 Å². The van der Waals surface area contributed by atoms with Crippen molar-refractivity contribution in [1.29, 1.82) is 0 Å². The predicted octanol–water partition coefficient (Wildman–Crippen LogP) is 1.85. The van der Waals surface area contributed by atoms with Crippen LogP contribution in [0.2, 0.25) is 0 Å². The second-order valence-electron chi connectivity index (χ2n) is 3.05. The Labute approximate surface area is 86.7 Å². The van der Waals surface area contributed by atoms with Crippen molar-refractivity contribution >= 4 is 12.2 Å². The Morgan fingerprint density at radius 2 is 2.21 bits per heavy atom. The van der Waals surface area contributed by atoms with E-state index in [-0.39, 0.29) is 0 Å². The number of rotatable bonds is 1. The Morgan fingerprint density at radius 1 is 1.43 bits per heavy atom. The van der Waals surface area contributed by atoms with Crippen LogP contribution in [-0.2, 0) is 7.05 Å². The van der Waals surface area contributed by atoms with Gasteiger partial charge in [0.2, 0.25) is 0 Å². The largest absolute Gasteiger partial charge is 0.344 e. The van der Waals surface area contributed by atoms with E-state index in [9.17, 15) is 0 Å². The fourth-order valence-corrected chi connectivity index (χ4v) is 1.44. The molecule has 0 atom stereocenters.